The summed E-state index contributed by atoms with van der Waals surface area (Å²) in [6, 6.07) is 13.2. The van der Waals surface area contributed by atoms with E-state index in [0.29, 0.717) is 16.6 Å². The lowest BCUT2D eigenvalue weighted by Gasteiger charge is -2.33. The van der Waals surface area contributed by atoms with Crippen molar-refractivity contribution in [2.75, 3.05) is 18.0 Å². The standard InChI is InChI=1S/C22H23ClF3N3/c1-15(2)28-10-9-19(14-28)29(18-8-7-16(12-27)21(23)11-18)13-17-5-3-4-6-20(17)22(24,25)26/h3-8,11,15,19H,9-10,13-14H2,1-2H3/t19-/m0/s1. The number of nitrogens with zero attached hydrogens (tertiary/aromatic N) is 3. The molecule has 1 atom stereocenters. The third-order valence-electron chi connectivity index (χ3n) is 5.43. The molecule has 0 radical (unpaired) electrons. The van der Waals surface area contributed by atoms with E-state index in [2.05, 4.69) is 18.7 Å². The summed E-state index contributed by atoms with van der Waals surface area (Å²) in [5.41, 5.74) is 0.676. The Hall–Kier alpha value is -2.23. The van der Waals surface area contributed by atoms with Crippen molar-refractivity contribution in [1.29, 1.82) is 5.26 Å². The highest BCUT2D eigenvalue weighted by Gasteiger charge is 2.35. The van der Waals surface area contributed by atoms with E-state index in [9.17, 15) is 13.2 Å². The molecule has 0 aromatic heterocycles. The van der Waals surface area contributed by atoms with Crippen LogP contribution in [0.4, 0.5) is 18.9 Å². The molecular formula is C22H23ClF3N3. The SMILES string of the molecule is CC(C)N1CC[C@H](N(Cc2ccccc2C(F)(F)F)c2ccc(C#N)c(Cl)c2)C1. The molecule has 0 aliphatic carbocycles. The van der Waals surface area contributed by atoms with Gasteiger partial charge in [0.05, 0.1) is 16.1 Å². The molecule has 1 aliphatic rings. The second-order valence-electron chi connectivity index (χ2n) is 7.59. The summed E-state index contributed by atoms with van der Waals surface area (Å²) in [5, 5.41) is 9.44. The van der Waals surface area contributed by atoms with Crippen LogP contribution in [0.5, 0.6) is 0 Å². The van der Waals surface area contributed by atoms with Crippen LogP contribution in [-0.4, -0.2) is 30.1 Å². The minimum atomic E-state index is -4.41. The summed E-state index contributed by atoms with van der Waals surface area (Å²) in [7, 11) is 0. The average Bonchev–Trinajstić information content (AvgIpc) is 3.16. The Morgan fingerprint density at radius 2 is 1.97 bits per heavy atom. The lowest BCUT2D eigenvalue weighted by molar-refractivity contribution is -0.138. The Morgan fingerprint density at radius 3 is 2.55 bits per heavy atom. The molecule has 1 fully saturated rings. The van der Waals surface area contributed by atoms with Gasteiger partial charge in [-0.15, -0.1) is 0 Å². The normalized spacial score (nSPS) is 17.5. The van der Waals surface area contributed by atoms with Gasteiger partial charge in [0.15, 0.2) is 0 Å². The predicted octanol–water partition coefficient (Wildman–Crippen LogP) is 5.72. The largest absolute Gasteiger partial charge is 0.416 e. The second kappa shape index (κ2) is 8.64. The van der Waals surface area contributed by atoms with Gasteiger partial charge in [-0.05, 0) is 50.1 Å². The van der Waals surface area contributed by atoms with Gasteiger partial charge in [-0.2, -0.15) is 18.4 Å². The zero-order valence-electron chi connectivity index (χ0n) is 16.4. The third kappa shape index (κ3) is 4.85. The molecule has 29 heavy (non-hydrogen) atoms. The quantitative estimate of drug-likeness (QED) is 0.618. The molecule has 2 aromatic rings. The van der Waals surface area contributed by atoms with Crippen molar-refractivity contribution in [3.05, 3.63) is 64.2 Å². The van der Waals surface area contributed by atoms with E-state index >= 15 is 0 Å². The maximum Gasteiger partial charge on any atom is 0.416 e. The Morgan fingerprint density at radius 1 is 1.24 bits per heavy atom. The van der Waals surface area contributed by atoms with Gasteiger partial charge in [-0.1, -0.05) is 29.8 Å². The number of halogens is 4. The number of hydrogen-bond donors (Lipinski definition) is 0. The van der Waals surface area contributed by atoms with Gasteiger partial charge in [0.25, 0.3) is 0 Å². The highest BCUT2D eigenvalue weighted by molar-refractivity contribution is 6.32. The predicted molar refractivity (Wildman–Crippen MR) is 109 cm³/mol. The van der Waals surface area contributed by atoms with E-state index in [-0.39, 0.29) is 18.2 Å². The Balaban J connectivity index is 1.99. The van der Waals surface area contributed by atoms with Crippen LogP contribution in [0.2, 0.25) is 5.02 Å². The van der Waals surface area contributed by atoms with Crippen molar-refractivity contribution in [3.8, 4) is 6.07 Å². The molecule has 7 heteroatoms. The molecule has 1 saturated heterocycles. The maximum absolute atomic E-state index is 13.5. The molecule has 1 heterocycles. The number of likely N-dealkylation sites (tertiary alicyclic amines) is 1. The lowest BCUT2D eigenvalue weighted by atomic mass is 10.0. The fraction of sp³-hybridized carbons (Fsp3) is 0.409. The van der Waals surface area contributed by atoms with Gasteiger partial charge in [0.1, 0.15) is 6.07 Å². The van der Waals surface area contributed by atoms with Crippen LogP contribution in [0.25, 0.3) is 0 Å². The minimum Gasteiger partial charge on any atom is -0.363 e. The lowest BCUT2D eigenvalue weighted by Crippen LogP contribution is -2.39. The van der Waals surface area contributed by atoms with Gasteiger partial charge in [-0.25, -0.2) is 0 Å². The summed E-state index contributed by atoms with van der Waals surface area (Å²) in [4.78, 5) is 4.30. The summed E-state index contributed by atoms with van der Waals surface area (Å²) >= 11 is 6.23. The van der Waals surface area contributed by atoms with E-state index in [4.69, 9.17) is 16.9 Å². The van der Waals surface area contributed by atoms with Gasteiger partial charge in [-0.3, -0.25) is 4.90 Å². The maximum atomic E-state index is 13.5. The molecule has 0 saturated carbocycles. The van der Waals surface area contributed by atoms with Crippen LogP contribution in [0.15, 0.2) is 42.5 Å². The van der Waals surface area contributed by atoms with Crippen molar-refractivity contribution < 1.29 is 13.2 Å². The van der Waals surface area contributed by atoms with E-state index in [1.807, 2.05) is 11.0 Å². The number of benzene rings is 2. The zero-order valence-corrected chi connectivity index (χ0v) is 17.1. The average molecular weight is 422 g/mol. The smallest absolute Gasteiger partial charge is 0.363 e. The highest BCUT2D eigenvalue weighted by Crippen LogP contribution is 2.35. The monoisotopic (exact) mass is 421 g/mol. The summed E-state index contributed by atoms with van der Waals surface area (Å²) in [6.07, 6.45) is -3.56. The first-order chi connectivity index (χ1) is 13.7. The first-order valence-electron chi connectivity index (χ1n) is 9.56. The molecule has 0 spiro atoms. The molecule has 2 aromatic carbocycles. The van der Waals surface area contributed by atoms with Crippen LogP contribution in [-0.2, 0) is 12.7 Å². The Kier molecular flexibility index (Phi) is 6.40. The summed E-state index contributed by atoms with van der Waals surface area (Å²) < 4.78 is 40.6. The van der Waals surface area contributed by atoms with Crippen molar-refractivity contribution in [3.63, 3.8) is 0 Å². The fourth-order valence-electron chi connectivity index (χ4n) is 3.81. The molecule has 0 bridgehead atoms. The molecule has 154 valence electrons. The Labute approximate surface area is 174 Å². The molecule has 0 amide bonds. The van der Waals surface area contributed by atoms with Crippen LogP contribution in [0, 0.1) is 11.3 Å². The van der Waals surface area contributed by atoms with Gasteiger partial charge in [0, 0.05) is 37.4 Å². The molecule has 3 nitrogen and oxygen atoms in total. The fourth-order valence-corrected chi connectivity index (χ4v) is 4.03. The van der Waals surface area contributed by atoms with E-state index in [0.717, 1.165) is 31.3 Å². The van der Waals surface area contributed by atoms with Crippen LogP contribution < -0.4 is 4.90 Å². The van der Waals surface area contributed by atoms with Crippen LogP contribution in [0.1, 0.15) is 37.0 Å². The number of anilines is 1. The van der Waals surface area contributed by atoms with Crippen molar-refractivity contribution in [2.45, 2.75) is 45.1 Å². The van der Waals surface area contributed by atoms with Crippen molar-refractivity contribution >= 4 is 17.3 Å². The van der Waals surface area contributed by atoms with Gasteiger partial charge < -0.3 is 4.90 Å². The number of alkyl halides is 3. The van der Waals surface area contributed by atoms with Gasteiger partial charge in [0.2, 0.25) is 0 Å². The third-order valence-corrected chi connectivity index (χ3v) is 5.75. The first kappa shape index (κ1) is 21.5. The van der Waals surface area contributed by atoms with Crippen molar-refractivity contribution in [1.82, 2.24) is 4.90 Å². The molecule has 0 unspecified atom stereocenters. The first-order valence-corrected chi connectivity index (χ1v) is 9.94. The summed E-state index contributed by atoms with van der Waals surface area (Å²) in [5.74, 6) is 0. The van der Waals surface area contributed by atoms with Crippen LogP contribution >= 0.6 is 11.6 Å². The number of rotatable bonds is 5. The van der Waals surface area contributed by atoms with Crippen molar-refractivity contribution in [2.24, 2.45) is 0 Å². The van der Waals surface area contributed by atoms with E-state index in [1.165, 1.54) is 12.1 Å². The highest BCUT2D eigenvalue weighted by atomic mass is 35.5. The van der Waals surface area contributed by atoms with Crippen LogP contribution in [0.3, 0.4) is 0 Å². The Bertz CT molecular complexity index is 905. The molecular weight excluding hydrogens is 399 g/mol. The van der Waals surface area contributed by atoms with E-state index in [1.54, 1.807) is 24.3 Å². The number of nitriles is 1. The minimum absolute atomic E-state index is 0.0580. The molecule has 0 N–H and O–H groups in total. The topological polar surface area (TPSA) is 30.3 Å². The van der Waals surface area contributed by atoms with Gasteiger partial charge >= 0.3 is 6.18 Å². The number of hydrogen-bond acceptors (Lipinski definition) is 3. The van der Waals surface area contributed by atoms with E-state index < -0.39 is 11.7 Å². The molecule has 1 aliphatic heterocycles. The zero-order chi connectivity index (χ0) is 21.2. The second-order valence-corrected chi connectivity index (χ2v) is 8.00. The summed E-state index contributed by atoms with van der Waals surface area (Å²) in [6.45, 7) is 6.01. The molecule has 3 rings (SSSR count).